The first-order chi connectivity index (χ1) is 8.61. The molecular weight excluding hydrogens is 228 g/mol. The zero-order valence-electron chi connectivity index (χ0n) is 11.4. The van der Waals surface area contributed by atoms with Crippen LogP contribution in [0, 0.1) is 0 Å². The molecule has 0 spiro atoms. The number of hydrogen-bond donors (Lipinski definition) is 1. The van der Waals surface area contributed by atoms with Crippen molar-refractivity contribution in [3.8, 4) is 5.75 Å². The molecule has 0 fully saturated rings. The molecule has 1 N–H and O–H groups in total. The van der Waals surface area contributed by atoms with Gasteiger partial charge in [0.2, 0.25) is 5.91 Å². The zero-order chi connectivity index (χ0) is 13.4. The lowest BCUT2D eigenvalue weighted by atomic mass is 10.1. The van der Waals surface area contributed by atoms with E-state index in [2.05, 4.69) is 17.6 Å². The van der Waals surface area contributed by atoms with Crippen LogP contribution in [0.2, 0.25) is 0 Å². The summed E-state index contributed by atoms with van der Waals surface area (Å²) >= 11 is 0. The topological polar surface area (TPSA) is 41.6 Å². The van der Waals surface area contributed by atoms with Gasteiger partial charge in [0.05, 0.1) is 7.11 Å². The number of carbonyl (C=O) groups excluding carboxylic acids is 1. The fraction of sp³-hybridized carbons (Fsp3) is 0.500. The second-order valence-corrected chi connectivity index (χ2v) is 4.48. The van der Waals surface area contributed by atoms with Crippen LogP contribution in [0.1, 0.15) is 24.8 Å². The number of methoxy groups -OCH3 is 1. The predicted molar refractivity (Wildman–Crippen MR) is 72.4 cm³/mol. The molecule has 100 valence electrons. The van der Waals surface area contributed by atoms with Crippen molar-refractivity contribution in [2.24, 2.45) is 0 Å². The smallest absolute Gasteiger partial charge is 0.234 e. The Labute approximate surface area is 109 Å². The summed E-state index contributed by atoms with van der Waals surface area (Å²) in [6.45, 7) is 0. The highest BCUT2D eigenvalue weighted by molar-refractivity contribution is 5.75. The van der Waals surface area contributed by atoms with Gasteiger partial charge in [-0.2, -0.15) is 0 Å². The number of benzene rings is 1. The van der Waals surface area contributed by atoms with E-state index in [0.717, 1.165) is 25.0 Å². The Morgan fingerprint density at radius 3 is 2.44 bits per heavy atom. The molecule has 18 heavy (non-hydrogen) atoms. The second kappa shape index (κ2) is 7.71. The quantitative estimate of drug-likeness (QED) is 0.594. The van der Waals surface area contributed by atoms with Gasteiger partial charge >= 0.3 is 0 Å². The molecule has 0 saturated carbocycles. The molecule has 0 aromatic heterocycles. The van der Waals surface area contributed by atoms with E-state index < -0.39 is 0 Å². The molecule has 0 heterocycles. The monoisotopic (exact) mass is 250 g/mol. The fourth-order valence-corrected chi connectivity index (χ4v) is 1.71. The highest BCUT2D eigenvalue weighted by Gasteiger charge is 2.01. The molecule has 0 aliphatic heterocycles. The van der Waals surface area contributed by atoms with E-state index in [1.54, 1.807) is 12.1 Å². The van der Waals surface area contributed by atoms with Gasteiger partial charge in [-0.1, -0.05) is 12.1 Å². The Hall–Kier alpha value is -1.55. The first kappa shape index (κ1) is 14.5. The van der Waals surface area contributed by atoms with E-state index in [4.69, 9.17) is 4.74 Å². The molecular formula is C14H22N2O2. The molecule has 0 aliphatic rings. The molecule has 1 rings (SSSR count). The highest BCUT2D eigenvalue weighted by atomic mass is 16.5. The van der Waals surface area contributed by atoms with E-state index in [1.807, 2.05) is 26.2 Å². The largest absolute Gasteiger partial charge is 0.497 e. The lowest BCUT2D eigenvalue weighted by Crippen LogP contribution is -2.35. The van der Waals surface area contributed by atoms with Gasteiger partial charge in [0.1, 0.15) is 5.75 Å². The first-order valence-electron chi connectivity index (χ1n) is 6.21. The second-order valence-electron chi connectivity index (χ2n) is 4.48. The van der Waals surface area contributed by atoms with Crippen LogP contribution in [0.5, 0.6) is 5.75 Å². The number of nitrogens with one attached hydrogen (secondary N) is 1. The maximum absolute atomic E-state index is 11.4. The van der Waals surface area contributed by atoms with Crippen molar-refractivity contribution >= 4 is 5.91 Å². The summed E-state index contributed by atoms with van der Waals surface area (Å²) in [6.07, 6.45) is 3.51. The summed E-state index contributed by atoms with van der Waals surface area (Å²) in [6, 6.07) is 8.07. The maximum Gasteiger partial charge on any atom is 0.234 e. The number of carbonyl (C=O) groups is 1. The van der Waals surface area contributed by atoms with Crippen LogP contribution < -0.4 is 10.2 Å². The Morgan fingerprint density at radius 1 is 1.22 bits per heavy atom. The molecule has 4 heteroatoms. The van der Waals surface area contributed by atoms with E-state index in [1.165, 1.54) is 5.56 Å². The lowest BCUT2D eigenvalue weighted by molar-refractivity contribution is -0.124. The maximum atomic E-state index is 11.4. The number of hydrogen-bond acceptors (Lipinski definition) is 3. The molecule has 1 amide bonds. The van der Waals surface area contributed by atoms with E-state index in [9.17, 15) is 4.79 Å². The average molecular weight is 250 g/mol. The van der Waals surface area contributed by atoms with Crippen molar-refractivity contribution in [2.45, 2.75) is 25.7 Å². The van der Waals surface area contributed by atoms with Crippen molar-refractivity contribution in [1.82, 2.24) is 10.4 Å². The molecule has 0 bridgehead atoms. The summed E-state index contributed by atoms with van der Waals surface area (Å²) in [5, 5.41) is 1.67. The van der Waals surface area contributed by atoms with Gasteiger partial charge in [0.25, 0.3) is 0 Å². The molecule has 1 aromatic carbocycles. The normalized spacial score (nSPS) is 10.4. The molecule has 0 saturated heterocycles. The molecule has 0 atom stereocenters. The number of unbranched alkanes of at least 4 members (excludes halogenated alkanes) is 1. The Balaban J connectivity index is 2.19. The van der Waals surface area contributed by atoms with Crippen LogP contribution in [-0.2, 0) is 11.2 Å². The van der Waals surface area contributed by atoms with E-state index >= 15 is 0 Å². The third-order valence-corrected chi connectivity index (χ3v) is 2.63. The number of nitrogens with zero attached hydrogens (tertiary/aromatic N) is 1. The van der Waals surface area contributed by atoms with Crippen LogP contribution in [0.15, 0.2) is 24.3 Å². The minimum absolute atomic E-state index is 0.0785. The van der Waals surface area contributed by atoms with Crippen molar-refractivity contribution in [3.05, 3.63) is 29.8 Å². The van der Waals surface area contributed by atoms with Crippen molar-refractivity contribution in [3.63, 3.8) is 0 Å². The summed E-state index contributed by atoms with van der Waals surface area (Å²) in [4.78, 5) is 11.4. The number of ether oxygens (including phenoxy) is 1. The molecule has 4 nitrogen and oxygen atoms in total. The Morgan fingerprint density at radius 2 is 1.89 bits per heavy atom. The molecule has 0 aliphatic carbocycles. The van der Waals surface area contributed by atoms with Crippen LogP contribution in [0.3, 0.4) is 0 Å². The average Bonchev–Trinajstić information content (AvgIpc) is 2.34. The number of rotatable bonds is 7. The van der Waals surface area contributed by atoms with Crippen LogP contribution in [-0.4, -0.2) is 32.1 Å². The number of hydrazine groups is 1. The third-order valence-electron chi connectivity index (χ3n) is 2.63. The third kappa shape index (κ3) is 5.68. The minimum atomic E-state index is 0.0785. The highest BCUT2D eigenvalue weighted by Crippen LogP contribution is 2.13. The first-order valence-corrected chi connectivity index (χ1v) is 6.21. The number of amides is 1. The van der Waals surface area contributed by atoms with Gasteiger partial charge in [-0.3, -0.25) is 10.2 Å². The lowest BCUT2D eigenvalue weighted by Gasteiger charge is -2.11. The van der Waals surface area contributed by atoms with Crippen molar-refractivity contribution in [1.29, 1.82) is 0 Å². The van der Waals surface area contributed by atoms with Gasteiger partial charge in [-0.05, 0) is 37.0 Å². The molecule has 0 radical (unpaired) electrons. The molecule has 0 unspecified atom stereocenters. The van der Waals surface area contributed by atoms with Crippen LogP contribution >= 0.6 is 0 Å². The van der Waals surface area contributed by atoms with Crippen LogP contribution in [0.4, 0.5) is 0 Å². The fourth-order valence-electron chi connectivity index (χ4n) is 1.71. The zero-order valence-corrected chi connectivity index (χ0v) is 11.4. The summed E-state index contributed by atoms with van der Waals surface area (Å²) in [5.41, 5.74) is 4.02. The Kier molecular flexibility index (Phi) is 6.22. The summed E-state index contributed by atoms with van der Waals surface area (Å²) in [7, 11) is 5.29. The summed E-state index contributed by atoms with van der Waals surface area (Å²) in [5.74, 6) is 0.957. The number of aryl methyl sites for hydroxylation is 1. The minimum Gasteiger partial charge on any atom is -0.497 e. The van der Waals surface area contributed by atoms with Crippen LogP contribution in [0.25, 0.3) is 0 Å². The van der Waals surface area contributed by atoms with Gasteiger partial charge in [0, 0.05) is 20.5 Å². The standard InChI is InChI=1S/C14H22N2O2/c1-16(2)15-14(17)7-5-4-6-12-8-10-13(18-3)11-9-12/h8-11H,4-7H2,1-3H3,(H,15,17). The van der Waals surface area contributed by atoms with Gasteiger partial charge in [-0.15, -0.1) is 0 Å². The SMILES string of the molecule is COc1ccc(CCCCC(=O)NN(C)C)cc1. The van der Waals surface area contributed by atoms with Gasteiger partial charge in [-0.25, -0.2) is 5.01 Å². The summed E-state index contributed by atoms with van der Waals surface area (Å²) < 4.78 is 5.11. The predicted octanol–water partition coefficient (Wildman–Crippen LogP) is 2.00. The van der Waals surface area contributed by atoms with Crippen molar-refractivity contribution < 1.29 is 9.53 Å². The van der Waals surface area contributed by atoms with Gasteiger partial charge in [0.15, 0.2) is 0 Å². The van der Waals surface area contributed by atoms with Gasteiger partial charge < -0.3 is 4.74 Å². The van der Waals surface area contributed by atoms with E-state index in [-0.39, 0.29) is 5.91 Å². The van der Waals surface area contributed by atoms with E-state index in [0.29, 0.717) is 6.42 Å². The molecule has 1 aromatic rings. The Bertz CT molecular complexity index is 361. The van der Waals surface area contributed by atoms with Crippen molar-refractivity contribution in [2.75, 3.05) is 21.2 Å².